The maximum Gasteiger partial charge on any atom is 0.358 e. The Balaban J connectivity index is 2.53. The van der Waals surface area contributed by atoms with Gasteiger partial charge in [0, 0.05) is 6.07 Å². The second-order valence-corrected chi connectivity index (χ2v) is 3.53. The largest absolute Gasteiger partial charge is 0.476 e. The van der Waals surface area contributed by atoms with E-state index in [1.54, 1.807) is 13.0 Å². The van der Waals surface area contributed by atoms with E-state index in [-0.39, 0.29) is 11.4 Å². The molecule has 0 aliphatic carbocycles. The van der Waals surface area contributed by atoms with Crippen LogP contribution in [0.1, 0.15) is 16.1 Å². The number of benzene rings is 1. The molecule has 0 fully saturated rings. The van der Waals surface area contributed by atoms with Crippen LogP contribution in [0.4, 0.5) is 5.69 Å². The summed E-state index contributed by atoms with van der Waals surface area (Å²) in [6.07, 6.45) is 1.20. The van der Waals surface area contributed by atoms with E-state index in [9.17, 15) is 14.9 Å². The standard InChI is InChI=1S/C10H8N4O4/c1-6-8(3-2-4-9(6)14(17)18)13-5-7(10(15)16)11-12-13/h2-5H,1H3,(H,15,16). The quantitative estimate of drug-likeness (QED) is 0.644. The summed E-state index contributed by atoms with van der Waals surface area (Å²) in [6, 6.07) is 4.47. The van der Waals surface area contributed by atoms with E-state index in [4.69, 9.17) is 5.11 Å². The van der Waals surface area contributed by atoms with Crippen LogP contribution in [0.15, 0.2) is 24.4 Å². The number of aromatic nitrogens is 3. The number of nitro benzene ring substituents is 1. The van der Waals surface area contributed by atoms with E-state index in [0.29, 0.717) is 11.3 Å². The van der Waals surface area contributed by atoms with Crippen molar-refractivity contribution in [2.45, 2.75) is 6.92 Å². The minimum atomic E-state index is -1.20. The van der Waals surface area contributed by atoms with Gasteiger partial charge >= 0.3 is 5.97 Å². The highest BCUT2D eigenvalue weighted by atomic mass is 16.6. The van der Waals surface area contributed by atoms with Crippen LogP contribution in [0, 0.1) is 17.0 Å². The first-order valence-corrected chi connectivity index (χ1v) is 4.90. The highest BCUT2D eigenvalue weighted by Crippen LogP contribution is 2.23. The van der Waals surface area contributed by atoms with Crippen LogP contribution in [-0.4, -0.2) is 31.0 Å². The molecular formula is C10H8N4O4. The van der Waals surface area contributed by atoms with Crippen LogP contribution in [0.3, 0.4) is 0 Å². The Labute approximate surface area is 101 Å². The molecule has 0 saturated heterocycles. The van der Waals surface area contributed by atoms with E-state index < -0.39 is 10.9 Å². The number of hydrogen-bond donors (Lipinski definition) is 1. The first kappa shape index (κ1) is 11.7. The number of nitrogens with zero attached hydrogens (tertiary/aromatic N) is 4. The molecule has 0 saturated carbocycles. The molecule has 0 amide bonds. The second kappa shape index (κ2) is 4.24. The molecule has 0 spiro atoms. The van der Waals surface area contributed by atoms with Crippen molar-refractivity contribution in [1.82, 2.24) is 15.0 Å². The number of rotatable bonds is 3. The Morgan fingerprint density at radius 2 is 2.22 bits per heavy atom. The third-order valence-corrected chi connectivity index (χ3v) is 2.43. The Hall–Kier alpha value is -2.77. The summed E-state index contributed by atoms with van der Waals surface area (Å²) in [5.74, 6) is -1.20. The van der Waals surface area contributed by atoms with Crippen molar-refractivity contribution in [3.8, 4) is 5.69 Å². The molecule has 1 aromatic carbocycles. The van der Waals surface area contributed by atoms with Crippen molar-refractivity contribution in [2.75, 3.05) is 0 Å². The van der Waals surface area contributed by atoms with Crippen molar-refractivity contribution in [1.29, 1.82) is 0 Å². The van der Waals surface area contributed by atoms with Crippen LogP contribution in [0.25, 0.3) is 5.69 Å². The molecule has 0 unspecified atom stereocenters. The fraction of sp³-hybridized carbons (Fsp3) is 0.100. The number of carboxylic acid groups (broad SMARTS) is 1. The summed E-state index contributed by atoms with van der Waals surface area (Å²) < 4.78 is 1.20. The molecule has 92 valence electrons. The maximum atomic E-state index is 10.8. The zero-order valence-corrected chi connectivity index (χ0v) is 9.27. The van der Waals surface area contributed by atoms with Crippen molar-refractivity contribution in [2.24, 2.45) is 0 Å². The average molecular weight is 248 g/mol. The number of carboxylic acids is 1. The summed E-state index contributed by atoms with van der Waals surface area (Å²) in [5, 5.41) is 26.6. The van der Waals surface area contributed by atoms with Crippen LogP contribution >= 0.6 is 0 Å². The number of nitro groups is 1. The lowest BCUT2D eigenvalue weighted by atomic mass is 10.1. The molecule has 0 radical (unpaired) electrons. The molecule has 0 bridgehead atoms. The van der Waals surface area contributed by atoms with Crippen LogP contribution in [-0.2, 0) is 0 Å². The third kappa shape index (κ3) is 1.90. The Morgan fingerprint density at radius 3 is 2.78 bits per heavy atom. The highest BCUT2D eigenvalue weighted by molar-refractivity contribution is 5.84. The zero-order chi connectivity index (χ0) is 13.3. The average Bonchev–Trinajstić information content (AvgIpc) is 2.78. The van der Waals surface area contributed by atoms with Gasteiger partial charge < -0.3 is 5.11 Å². The normalized spacial score (nSPS) is 10.3. The summed E-state index contributed by atoms with van der Waals surface area (Å²) in [6.45, 7) is 1.57. The predicted molar refractivity (Wildman–Crippen MR) is 59.7 cm³/mol. The lowest BCUT2D eigenvalue weighted by molar-refractivity contribution is -0.385. The van der Waals surface area contributed by atoms with E-state index >= 15 is 0 Å². The first-order chi connectivity index (χ1) is 8.50. The van der Waals surface area contributed by atoms with E-state index in [1.165, 1.54) is 23.0 Å². The molecule has 2 aromatic rings. The maximum absolute atomic E-state index is 10.8. The monoisotopic (exact) mass is 248 g/mol. The molecule has 0 atom stereocenters. The lowest BCUT2D eigenvalue weighted by Crippen LogP contribution is -2.01. The van der Waals surface area contributed by atoms with Crippen molar-refractivity contribution < 1.29 is 14.8 Å². The summed E-state index contributed by atoms with van der Waals surface area (Å²) in [7, 11) is 0. The van der Waals surface area contributed by atoms with E-state index in [2.05, 4.69) is 10.3 Å². The van der Waals surface area contributed by atoms with Crippen LogP contribution < -0.4 is 0 Å². The second-order valence-electron chi connectivity index (χ2n) is 3.53. The third-order valence-electron chi connectivity index (χ3n) is 2.43. The minimum Gasteiger partial charge on any atom is -0.476 e. The molecule has 1 aromatic heterocycles. The summed E-state index contributed by atoms with van der Waals surface area (Å²) >= 11 is 0. The SMILES string of the molecule is Cc1c(-n2cc(C(=O)O)nn2)cccc1[N+](=O)[O-]. The van der Waals surface area contributed by atoms with Gasteiger partial charge in [0.25, 0.3) is 5.69 Å². The lowest BCUT2D eigenvalue weighted by Gasteiger charge is -2.04. The predicted octanol–water partition coefficient (Wildman–Crippen LogP) is 1.18. The van der Waals surface area contributed by atoms with Crippen LogP contribution in [0.5, 0.6) is 0 Å². The molecule has 1 N–H and O–H groups in total. The molecule has 18 heavy (non-hydrogen) atoms. The van der Waals surface area contributed by atoms with Gasteiger partial charge in [0.15, 0.2) is 5.69 Å². The number of carbonyl (C=O) groups is 1. The smallest absolute Gasteiger partial charge is 0.358 e. The van der Waals surface area contributed by atoms with Gasteiger partial charge in [-0.15, -0.1) is 5.10 Å². The Bertz CT molecular complexity index is 635. The van der Waals surface area contributed by atoms with E-state index in [1.807, 2.05) is 0 Å². The summed E-state index contributed by atoms with van der Waals surface area (Å²) in [5.41, 5.74) is 0.536. The molecule has 1 heterocycles. The van der Waals surface area contributed by atoms with Gasteiger partial charge in [-0.05, 0) is 13.0 Å². The summed E-state index contributed by atoms with van der Waals surface area (Å²) in [4.78, 5) is 21.0. The van der Waals surface area contributed by atoms with Gasteiger partial charge in [-0.3, -0.25) is 10.1 Å². The topological polar surface area (TPSA) is 111 Å². The molecule has 8 heteroatoms. The number of aromatic carboxylic acids is 1. The van der Waals surface area contributed by atoms with Gasteiger partial charge in [0.1, 0.15) is 0 Å². The Kier molecular flexibility index (Phi) is 2.76. The van der Waals surface area contributed by atoms with Gasteiger partial charge in [-0.1, -0.05) is 11.3 Å². The molecule has 2 rings (SSSR count). The van der Waals surface area contributed by atoms with Crippen molar-refractivity contribution >= 4 is 11.7 Å². The van der Waals surface area contributed by atoms with Crippen LogP contribution in [0.2, 0.25) is 0 Å². The molecule has 0 aliphatic rings. The fourth-order valence-corrected chi connectivity index (χ4v) is 1.54. The highest BCUT2D eigenvalue weighted by Gasteiger charge is 2.16. The zero-order valence-electron chi connectivity index (χ0n) is 9.27. The van der Waals surface area contributed by atoms with Gasteiger partial charge in [-0.2, -0.15) is 0 Å². The minimum absolute atomic E-state index is 0.0557. The first-order valence-electron chi connectivity index (χ1n) is 4.90. The molecule has 0 aliphatic heterocycles. The number of hydrogen-bond acceptors (Lipinski definition) is 5. The van der Waals surface area contributed by atoms with Gasteiger partial charge in [0.2, 0.25) is 0 Å². The van der Waals surface area contributed by atoms with Crippen molar-refractivity contribution in [3.63, 3.8) is 0 Å². The van der Waals surface area contributed by atoms with Crippen molar-refractivity contribution in [3.05, 3.63) is 45.8 Å². The Morgan fingerprint density at radius 1 is 1.50 bits per heavy atom. The van der Waals surface area contributed by atoms with Gasteiger partial charge in [0.05, 0.1) is 22.4 Å². The molecule has 8 nitrogen and oxygen atoms in total. The molecular weight excluding hydrogens is 240 g/mol. The fourth-order valence-electron chi connectivity index (χ4n) is 1.54. The van der Waals surface area contributed by atoms with Gasteiger partial charge in [-0.25, -0.2) is 9.48 Å². The van der Waals surface area contributed by atoms with E-state index in [0.717, 1.165) is 0 Å².